The van der Waals surface area contributed by atoms with Crippen molar-refractivity contribution < 1.29 is 23.8 Å². The lowest BCUT2D eigenvalue weighted by Gasteiger charge is -2.32. The van der Waals surface area contributed by atoms with Crippen LogP contribution < -0.4 is 9.47 Å². The van der Waals surface area contributed by atoms with Crippen LogP contribution in [0.1, 0.15) is 174 Å². The van der Waals surface area contributed by atoms with E-state index in [1.165, 1.54) is 0 Å². The molecule has 2 aliphatic rings. The second kappa shape index (κ2) is 22.3. The topological polar surface area (TPSA) is 125 Å². The Labute approximate surface area is 463 Å². The average molecular weight is 1100 g/mol. The number of rotatable bonds is 8. The molecule has 2 amide bonds. The average Bonchev–Trinajstić information content (AvgIpc) is 4.05. The number of carbonyl (C=O) groups excluding carboxylic acids is 2. The van der Waals surface area contributed by atoms with E-state index in [1.807, 2.05) is 42.4 Å². The fourth-order valence-electron chi connectivity index (χ4n) is 9.81. The number of carbonyl (C=O) groups is 2. The van der Waals surface area contributed by atoms with Gasteiger partial charge >= 0.3 is 6.09 Å². The highest BCUT2D eigenvalue weighted by Crippen LogP contribution is 2.48. The van der Waals surface area contributed by atoms with Crippen LogP contribution in [0.15, 0.2) is 48.9 Å². The highest BCUT2D eigenvalue weighted by molar-refractivity contribution is 7.16. The molecule has 0 radical (unpaired) electrons. The number of methoxy groups -OCH3 is 2. The lowest BCUT2D eigenvalue weighted by Crippen LogP contribution is -2.41. The lowest BCUT2D eigenvalue weighted by molar-refractivity contribution is -0.132. The van der Waals surface area contributed by atoms with Gasteiger partial charge in [-0.1, -0.05) is 106 Å². The van der Waals surface area contributed by atoms with E-state index in [0.29, 0.717) is 34.9 Å². The number of piperidine rings is 2. The molecule has 75 heavy (non-hydrogen) atoms. The second-order valence-electron chi connectivity index (χ2n) is 25.2. The number of aromatic nitrogens is 5. The van der Waals surface area contributed by atoms with Crippen molar-refractivity contribution in [2.45, 2.75) is 175 Å². The number of benzene rings is 2. The summed E-state index contributed by atoms with van der Waals surface area (Å²) in [7, 11) is 3.50. The van der Waals surface area contributed by atoms with E-state index in [2.05, 4.69) is 117 Å². The predicted molar refractivity (Wildman–Crippen MR) is 309 cm³/mol. The van der Waals surface area contributed by atoms with Crippen LogP contribution in [0, 0.1) is 0 Å². The minimum absolute atomic E-state index is 0.0870. The van der Waals surface area contributed by atoms with Gasteiger partial charge < -0.3 is 28.6 Å². The van der Waals surface area contributed by atoms with Gasteiger partial charge in [-0.3, -0.25) is 4.79 Å². The minimum atomic E-state index is -0.484. The van der Waals surface area contributed by atoms with Crippen molar-refractivity contribution >= 4 is 69.0 Å². The number of halogens is 2. The zero-order chi connectivity index (χ0) is 55.2. The molecular weight excluding hydrogens is 1020 g/mol. The Morgan fingerprint density at radius 2 is 1.01 bits per heavy atom. The number of pyridine rings is 1. The van der Waals surface area contributed by atoms with Gasteiger partial charge in [-0.25, -0.2) is 24.7 Å². The van der Waals surface area contributed by atoms with E-state index in [1.54, 1.807) is 54.3 Å². The van der Waals surface area contributed by atoms with Gasteiger partial charge in [0, 0.05) is 77.6 Å². The highest BCUT2D eigenvalue weighted by atomic mass is 35.5. The largest absolute Gasteiger partial charge is 0.496 e. The van der Waals surface area contributed by atoms with Gasteiger partial charge in [0.1, 0.15) is 49.2 Å². The number of hydrogen-bond acceptors (Lipinski definition) is 11. The third kappa shape index (κ3) is 13.5. The standard InChI is InChI=1S/C31H38ClN5O2S.C28H41ClN2O3S/c1-30(2,3)21-15-20(16-22(26(21)39-7)31(4,5)6)25-27(32)40-29(35-25)19-10-13-36(14-11-19)24(38)17-37-18-34-23-9-8-12-33-28(23)37;1-26(2,3)19-15-18(16-20(22(19)33-10)27(4,5)6)21-23(29)35-24(30-21)17-11-13-31(14-12-17)25(32)34-28(7,8)9/h8-9,12,15-16,18-19H,10-11,13-14,17H2,1-7H3;15-17H,11-14H2,1-10H3. The first-order chi connectivity index (χ1) is 34.9. The maximum Gasteiger partial charge on any atom is 0.410 e. The molecular formula is C59H79Cl2N7O5S2. The molecule has 2 aromatic carbocycles. The Hall–Kier alpha value is -4.76. The molecule has 2 saturated heterocycles. The van der Waals surface area contributed by atoms with E-state index in [-0.39, 0.29) is 52.0 Å². The summed E-state index contributed by atoms with van der Waals surface area (Å²) < 4.78 is 20.6. The Kier molecular flexibility index (Phi) is 17.2. The van der Waals surface area contributed by atoms with E-state index in [0.717, 1.165) is 103 Å². The van der Waals surface area contributed by atoms with Crippen molar-refractivity contribution in [1.29, 1.82) is 0 Å². The van der Waals surface area contributed by atoms with E-state index in [9.17, 15) is 9.59 Å². The molecule has 16 heteroatoms. The Morgan fingerprint density at radius 1 is 0.613 bits per heavy atom. The first-order valence-corrected chi connectivity index (χ1v) is 28.6. The summed E-state index contributed by atoms with van der Waals surface area (Å²) in [5.41, 5.74) is 8.96. The van der Waals surface area contributed by atoms with Crippen LogP contribution in [0.2, 0.25) is 8.67 Å². The fourth-order valence-corrected chi connectivity index (χ4v) is 12.6. The number of fused-ring (bicyclic) bond motifs is 1. The molecule has 12 nitrogen and oxygen atoms in total. The summed E-state index contributed by atoms with van der Waals surface area (Å²) in [5, 5.41) is 2.08. The highest BCUT2D eigenvalue weighted by Gasteiger charge is 2.34. The molecule has 406 valence electrons. The van der Waals surface area contributed by atoms with E-state index >= 15 is 0 Å². The summed E-state index contributed by atoms with van der Waals surface area (Å²) in [6, 6.07) is 12.5. The summed E-state index contributed by atoms with van der Waals surface area (Å²) in [4.78, 5) is 48.1. The minimum Gasteiger partial charge on any atom is -0.496 e. The van der Waals surface area contributed by atoms with E-state index in [4.69, 9.17) is 47.4 Å². The normalized spacial score (nSPS) is 15.5. The molecule has 0 saturated carbocycles. The predicted octanol–water partition coefficient (Wildman–Crippen LogP) is 15.4. The molecule has 2 aliphatic heterocycles. The molecule has 0 unspecified atom stereocenters. The van der Waals surface area contributed by atoms with Crippen LogP contribution in [-0.2, 0) is 37.7 Å². The summed E-state index contributed by atoms with van der Waals surface area (Å²) in [5.74, 6) is 2.52. The van der Waals surface area contributed by atoms with Crippen molar-refractivity contribution in [3.8, 4) is 34.0 Å². The molecule has 6 heterocycles. The van der Waals surface area contributed by atoms with Gasteiger partial charge in [0.05, 0.1) is 30.6 Å². The maximum absolute atomic E-state index is 13.1. The zero-order valence-electron chi connectivity index (χ0n) is 47.4. The van der Waals surface area contributed by atoms with Crippen LogP contribution in [0.3, 0.4) is 0 Å². The molecule has 8 rings (SSSR count). The van der Waals surface area contributed by atoms with Crippen LogP contribution in [0.25, 0.3) is 33.7 Å². The van der Waals surface area contributed by atoms with Crippen molar-refractivity contribution in [2.24, 2.45) is 0 Å². The van der Waals surface area contributed by atoms with Crippen LogP contribution in [-0.4, -0.2) is 92.3 Å². The number of likely N-dealkylation sites (tertiary alicyclic amines) is 2. The van der Waals surface area contributed by atoms with Crippen molar-refractivity contribution in [3.05, 3.63) is 89.9 Å². The second-order valence-corrected chi connectivity index (χ2v) is 28.4. The third-order valence-corrected chi connectivity index (χ3v) is 16.8. The van der Waals surface area contributed by atoms with Crippen molar-refractivity contribution in [2.75, 3.05) is 40.4 Å². The van der Waals surface area contributed by atoms with Gasteiger partial charge in [0.2, 0.25) is 5.91 Å². The van der Waals surface area contributed by atoms with Crippen LogP contribution in [0.4, 0.5) is 4.79 Å². The molecule has 6 aromatic rings. The Morgan fingerprint density at radius 3 is 1.39 bits per heavy atom. The monoisotopic (exact) mass is 1100 g/mol. The number of ether oxygens (including phenoxy) is 3. The first kappa shape index (κ1) is 57.9. The Bertz CT molecular complexity index is 2930. The third-order valence-electron chi connectivity index (χ3n) is 13.9. The summed E-state index contributed by atoms with van der Waals surface area (Å²) in [6.07, 6.45) is 6.61. The lowest BCUT2D eigenvalue weighted by atomic mass is 9.78. The molecule has 0 bridgehead atoms. The van der Waals surface area contributed by atoms with Crippen molar-refractivity contribution in [1.82, 2.24) is 34.3 Å². The quantitative estimate of drug-likeness (QED) is 0.146. The van der Waals surface area contributed by atoms with E-state index < -0.39 is 5.60 Å². The molecule has 0 N–H and O–H groups in total. The number of amides is 2. The van der Waals surface area contributed by atoms with Crippen LogP contribution >= 0.6 is 45.9 Å². The SMILES string of the molecule is COc1c(C(C)(C)C)cc(-c2nc(C3CCN(C(=O)Cn4cnc5cccnc54)CC3)sc2Cl)cc1C(C)(C)C.COc1c(C(C)(C)C)cc(-c2nc(C3CCN(C(=O)OC(C)(C)C)CC3)sc2Cl)cc1C(C)(C)C. The Balaban J connectivity index is 0.000000221. The molecule has 0 aliphatic carbocycles. The number of imidazole rings is 1. The van der Waals surface area contributed by atoms with Gasteiger partial charge in [-0.2, -0.15) is 0 Å². The zero-order valence-corrected chi connectivity index (χ0v) is 50.5. The van der Waals surface area contributed by atoms with Gasteiger partial charge in [0.15, 0.2) is 5.65 Å². The van der Waals surface area contributed by atoms with Crippen LogP contribution in [0.5, 0.6) is 11.5 Å². The first-order valence-electron chi connectivity index (χ1n) is 26.2. The van der Waals surface area contributed by atoms with Gasteiger partial charge in [-0.15, -0.1) is 22.7 Å². The molecule has 4 aromatic heterocycles. The maximum atomic E-state index is 13.1. The summed E-state index contributed by atoms with van der Waals surface area (Å²) in [6.45, 7) is 35.1. The fraction of sp³-hybridized carbons (Fsp3) is 0.559. The molecule has 2 fully saturated rings. The van der Waals surface area contributed by atoms with Crippen molar-refractivity contribution in [3.63, 3.8) is 0 Å². The molecule has 0 atom stereocenters. The number of hydrogen-bond donors (Lipinski definition) is 0. The van der Waals surface area contributed by atoms with Gasteiger partial charge in [-0.05, 0) is 105 Å². The number of thiazole rings is 2. The van der Waals surface area contributed by atoms with Gasteiger partial charge in [0.25, 0.3) is 0 Å². The number of nitrogens with zero attached hydrogens (tertiary/aromatic N) is 7. The smallest absolute Gasteiger partial charge is 0.410 e. The summed E-state index contributed by atoms with van der Waals surface area (Å²) >= 11 is 16.8. The molecule has 0 spiro atoms.